The van der Waals surface area contributed by atoms with E-state index in [1.54, 1.807) is 4.68 Å². The van der Waals surface area contributed by atoms with Crippen LogP contribution in [-0.2, 0) is 19.5 Å². The van der Waals surface area contributed by atoms with Gasteiger partial charge >= 0.3 is 0 Å². The molecule has 0 aliphatic rings. The van der Waals surface area contributed by atoms with Crippen molar-refractivity contribution in [3.05, 3.63) is 47.0 Å². The van der Waals surface area contributed by atoms with Crippen LogP contribution in [0.3, 0.4) is 0 Å². The quantitative estimate of drug-likeness (QED) is 0.696. The number of rotatable bonds is 3. The normalized spacial score (nSPS) is 11.3. The van der Waals surface area contributed by atoms with Crippen molar-refractivity contribution in [1.29, 1.82) is 0 Å². The van der Waals surface area contributed by atoms with Crippen molar-refractivity contribution in [2.24, 2.45) is 7.05 Å². The van der Waals surface area contributed by atoms with E-state index in [0.29, 0.717) is 17.4 Å². The second-order valence-electron chi connectivity index (χ2n) is 4.38. The highest BCUT2D eigenvalue weighted by atomic mass is 35.5. The summed E-state index contributed by atoms with van der Waals surface area (Å²) in [6.07, 6.45) is 3.82. The number of para-hydroxylation sites is 1. The molecule has 19 heavy (non-hydrogen) atoms. The average Bonchev–Trinajstić information content (AvgIpc) is 2.96. The van der Waals surface area contributed by atoms with Gasteiger partial charge in [0.25, 0.3) is 0 Å². The summed E-state index contributed by atoms with van der Waals surface area (Å²) in [6, 6.07) is 5.76. The maximum atomic E-state index is 6.17. The van der Waals surface area contributed by atoms with E-state index in [1.165, 1.54) is 0 Å². The summed E-state index contributed by atoms with van der Waals surface area (Å²) in [5.74, 6) is 1.17. The summed E-state index contributed by atoms with van der Waals surface area (Å²) in [4.78, 5) is 4.51. The number of imidazole rings is 1. The number of hydrogen-bond acceptors (Lipinski definition) is 2. The van der Waals surface area contributed by atoms with Crippen LogP contribution in [-0.4, -0.2) is 19.3 Å². The molecule has 98 valence electrons. The minimum Gasteiger partial charge on any atom is -0.322 e. The molecule has 0 radical (unpaired) electrons. The van der Waals surface area contributed by atoms with Crippen LogP contribution >= 0.6 is 23.2 Å². The Kier molecular flexibility index (Phi) is 3.21. The summed E-state index contributed by atoms with van der Waals surface area (Å²) >= 11 is 12.2. The van der Waals surface area contributed by atoms with Gasteiger partial charge in [-0.2, -0.15) is 5.10 Å². The van der Waals surface area contributed by atoms with Gasteiger partial charge in [-0.25, -0.2) is 4.98 Å². The first-order valence-corrected chi connectivity index (χ1v) is 6.77. The summed E-state index contributed by atoms with van der Waals surface area (Å²) in [5.41, 5.74) is 2.89. The number of fused-ring (bicyclic) bond motifs is 1. The Hall–Kier alpha value is -1.52. The molecule has 2 aromatic heterocycles. The third-order valence-corrected chi connectivity index (χ3v) is 3.57. The largest absolute Gasteiger partial charge is 0.322 e. The molecule has 0 saturated heterocycles. The molecule has 2 heterocycles. The number of alkyl halides is 1. The number of halogens is 2. The molecule has 4 nitrogen and oxygen atoms in total. The molecule has 6 heteroatoms. The predicted molar refractivity (Wildman–Crippen MR) is 76.6 cm³/mol. The second kappa shape index (κ2) is 4.87. The first kappa shape index (κ1) is 12.5. The summed E-state index contributed by atoms with van der Waals surface area (Å²) < 4.78 is 3.85. The van der Waals surface area contributed by atoms with Crippen LogP contribution in [0.15, 0.2) is 30.6 Å². The second-order valence-corrected chi connectivity index (χ2v) is 5.05. The Balaban J connectivity index is 2.13. The van der Waals surface area contributed by atoms with E-state index >= 15 is 0 Å². The molecule has 0 aliphatic carbocycles. The number of aromatic nitrogens is 4. The molecule has 0 spiro atoms. The molecule has 0 aliphatic heterocycles. The number of benzene rings is 1. The Bertz CT molecular complexity index is 729. The molecule has 1 aromatic carbocycles. The van der Waals surface area contributed by atoms with Crippen LogP contribution in [0.25, 0.3) is 11.0 Å². The molecule has 0 saturated carbocycles. The zero-order valence-electron chi connectivity index (χ0n) is 10.3. The van der Waals surface area contributed by atoms with Crippen molar-refractivity contribution in [1.82, 2.24) is 19.3 Å². The highest BCUT2D eigenvalue weighted by molar-refractivity contribution is 6.35. The van der Waals surface area contributed by atoms with Gasteiger partial charge in [-0.15, -0.1) is 11.6 Å². The number of nitrogens with zero attached hydrogens (tertiary/aromatic N) is 4. The van der Waals surface area contributed by atoms with Crippen LogP contribution in [0.1, 0.15) is 11.4 Å². The van der Waals surface area contributed by atoms with E-state index in [-0.39, 0.29) is 0 Å². The van der Waals surface area contributed by atoms with Gasteiger partial charge in [0.15, 0.2) is 0 Å². The minimum atomic E-state index is 0.352. The molecule has 0 N–H and O–H groups in total. The van der Waals surface area contributed by atoms with Crippen LogP contribution < -0.4 is 0 Å². The van der Waals surface area contributed by atoms with E-state index < -0.39 is 0 Å². The van der Waals surface area contributed by atoms with Crippen molar-refractivity contribution < 1.29 is 0 Å². The van der Waals surface area contributed by atoms with Crippen molar-refractivity contribution in [3.8, 4) is 0 Å². The summed E-state index contributed by atoms with van der Waals surface area (Å²) in [5, 5.41) is 4.82. The summed E-state index contributed by atoms with van der Waals surface area (Å²) in [6.45, 7) is 0.687. The van der Waals surface area contributed by atoms with Crippen LogP contribution in [0.4, 0.5) is 0 Å². The zero-order chi connectivity index (χ0) is 13.4. The predicted octanol–water partition coefficient (Wildman–Crippen LogP) is 3.21. The van der Waals surface area contributed by atoms with Crippen LogP contribution in [0, 0.1) is 0 Å². The lowest BCUT2D eigenvalue weighted by Crippen LogP contribution is -2.03. The van der Waals surface area contributed by atoms with Gasteiger partial charge in [-0.1, -0.05) is 17.7 Å². The maximum Gasteiger partial charge on any atom is 0.125 e. The van der Waals surface area contributed by atoms with E-state index in [4.69, 9.17) is 23.2 Å². The van der Waals surface area contributed by atoms with Crippen molar-refractivity contribution in [2.75, 3.05) is 0 Å². The highest BCUT2D eigenvalue weighted by Gasteiger charge is 2.12. The van der Waals surface area contributed by atoms with E-state index in [1.807, 2.05) is 37.6 Å². The van der Waals surface area contributed by atoms with E-state index in [9.17, 15) is 0 Å². The standard InChI is InChI=1S/C13H12Cl2N4/c1-18-7-9(6-16-18)8-19-11-4-2-3-10(15)13(11)17-12(19)5-14/h2-4,6-7H,5,8H2,1H3. The van der Waals surface area contributed by atoms with Gasteiger partial charge in [0, 0.05) is 18.8 Å². The zero-order valence-corrected chi connectivity index (χ0v) is 11.9. The third kappa shape index (κ3) is 2.22. The van der Waals surface area contributed by atoms with E-state index in [2.05, 4.69) is 14.6 Å². The SMILES string of the molecule is Cn1cc(Cn2c(CCl)nc3c(Cl)cccc32)cn1. The van der Waals surface area contributed by atoms with Gasteiger partial charge in [0.1, 0.15) is 11.3 Å². The summed E-state index contributed by atoms with van der Waals surface area (Å²) in [7, 11) is 1.90. The highest BCUT2D eigenvalue weighted by Crippen LogP contribution is 2.25. The molecule has 0 amide bonds. The average molecular weight is 295 g/mol. The van der Waals surface area contributed by atoms with Crippen molar-refractivity contribution in [3.63, 3.8) is 0 Å². The third-order valence-electron chi connectivity index (χ3n) is 3.03. The van der Waals surface area contributed by atoms with Crippen molar-refractivity contribution in [2.45, 2.75) is 12.4 Å². The van der Waals surface area contributed by atoms with Gasteiger partial charge in [-0.05, 0) is 12.1 Å². The molecule has 3 aromatic rings. The lowest BCUT2D eigenvalue weighted by Gasteiger charge is -2.05. The van der Waals surface area contributed by atoms with Crippen LogP contribution in [0.2, 0.25) is 5.02 Å². The van der Waals surface area contributed by atoms with E-state index in [0.717, 1.165) is 22.4 Å². The minimum absolute atomic E-state index is 0.352. The van der Waals surface area contributed by atoms with Crippen LogP contribution in [0.5, 0.6) is 0 Å². The first-order chi connectivity index (χ1) is 9.19. The van der Waals surface area contributed by atoms with Gasteiger partial charge in [0.2, 0.25) is 0 Å². The molecule has 0 atom stereocenters. The topological polar surface area (TPSA) is 35.6 Å². The smallest absolute Gasteiger partial charge is 0.125 e. The Morgan fingerprint density at radius 1 is 1.32 bits per heavy atom. The maximum absolute atomic E-state index is 6.17. The Labute approximate surface area is 120 Å². The molecule has 0 unspecified atom stereocenters. The molecule has 0 bridgehead atoms. The fraction of sp³-hybridized carbons (Fsp3) is 0.231. The fourth-order valence-corrected chi connectivity index (χ4v) is 2.59. The van der Waals surface area contributed by atoms with Crippen molar-refractivity contribution >= 4 is 34.2 Å². The molecule has 0 fully saturated rings. The lowest BCUT2D eigenvalue weighted by molar-refractivity contribution is 0.759. The molecule has 3 rings (SSSR count). The fourth-order valence-electron chi connectivity index (χ4n) is 2.18. The number of hydrogen-bond donors (Lipinski definition) is 0. The van der Waals surface area contributed by atoms with Gasteiger partial charge < -0.3 is 4.57 Å². The lowest BCUT2D eigenvalue weighted by atomic mass is 10.3. The molecular weight excluding hydrogens is 283 g/mol. The molecular formula is C13H12Cl2N4. The first-order valence-electron chi connectivity index (χ1n) is 5.86. The monoisotopic (exact) mass is 294 g/mol. The Morgan fingerprint density at radius 3 is 2.84 bits per heavy atom. The number of aryl methyl sites for hydroxylation is 1. The Morgan fingerprint density at radius 2 is 2.16 bits per heavy atom. The van der Waals surface area contributed by atoms with Gasteiger partial charge in [-0.3, -0.25) is 4.68 Å². The van der Waals surface area contributed by atoms with Gasteiger partial charge in [0.05, 0.1) is 29.2 Å².